The molecule has 0 saturated carbocycles. The second-order valence-electron chi connectivity index (χ2n) is 3.57. The predicted octanol–water partition coefficient (Wildman–Crippen LogP) is 3.58. The van der Waals surface area contributed by atoms with Gasteiger partial charge in [-0.15, -0.1) is 0 Å². The highest BCUT2D eigenvalue weighted by molar-refractivity contribution is 5.20. The van der Waals surface area contributed by atoms with Gasteiger partial charge in [-0.2, -0.15) is 5.48 Å². The molecule has 0 bridgehead atoms. The minimum Gasteiger partial charge on any atom is -0.409 e. The van der Waals surface area contributed by atoms with Crippen molar-refractivity contribution in [1.82, 2.24) is 5.48 Å². The summed E-state index contributed by atoms with van der Waals surface area (Å²) in [6.07, 6.45) is 0. The molecule has 0 radical (unpaired) electrons. The van der Waals surface area contributed by atoms with Crippen molar-refractivity contribution in [3.8, 4) is 5.75 Å². The Kier molecular flexibility index (Phi) is 6.53. The van der Waals surface area contributed by atoms with Gasteiger partial charge in [0, 0.05) is 6.54 Å². The van der Waals surface area contributed by atoms with Gasteiger partial charge in [0.2, 0.25) is 0 Å². The van der Waals surface area contributed by atoms with Gasteiger partial charge in [0.15, 0.2) is 0 Å². The van der Waals surface area contributed by atoms with Crippen molar-refractivity contribution in [3.63, 3.8) is 0 Å². The van der Waals surface area contributed by atoms with Gasteiger partial charge in [0.05, 0.1) is 0 Å². The predicted molar refractivity (Wildman–Crippen MR) is 71.9 cm³/mol. The Morgan fingerprint density at radius 2 is 1.41 bits per heavy atom. The van der Waals surface area contributed by atoms with Crippen LogP contribution in [0, 0.1) is 6.92 Å². The second kappa shape index (κ2) is 8.36. The number of nitrogens with one attached hydrogen (secondary N) is 1. The molecule has 0 amide bonds. The van der Waals surface area contributed by atoms with Crippen LogP contribution in [0.2, 0.25) is 0 Å². The number of benzene rings is 2. The first kappa shape index (κ1) is 13.3. The van der Waals surface area contributed by atoms with Crippen LogP contribution in [0.1, 0.15) is 12.5 Å². The minimum atomic E-state index is 0.814. The fraction of sp³-hybridized carbons (Fsp3) is 0.200. The van der Waals surface area contributed by atoms with Gasteiger partial charge in [-0.05, 0) is 26.0 Å². The van der Waals surface area contributed by atoms with Crippen LogP contribution < -0.4 is 10.3 Å². The van der Waals surface area contributed by atoms with Crippen LogP contribution in [-0.4, -0.2) is 6.54 Å². The SMILES string of the molecule is CCNOc1ccccc1.Cc1ccccc1. The van der Waals surface area contributed by atoms with Crippen molar-refractivity contribution in [1.29, 1.82) is 0 Å². The molecular weight excluding hydrogens is 210 g/mol. The summed E-state index contributed by atoms with van der Waals surface area (Å²) in [6, 6.07) is 19.9. The molecule has 0 aliphatic carbocycles. The number of hydroxylamine groups is 1. The topological polar surface area (TPSA) is 21.3 Å². The first-order valence-corrected chi connectivity index (χ1v) is 5.79. The number of hydrogen-bond acceptors (Lipinski definition) is 2. The third-order valence-corrected chi connectivity index (χ3v) is 2.02. The Morgan fingerprint density at radius 1 is 0.882 bits per heavy atom. The third-order valence-electron chi connectivity index (χ3n) is 2.02. The molecule has 2 nitrogen and oxygen atoms in total. The van der Waals surface area contributed by atoms with Crippen molar-refractivity contribution >= 4 is 0 Å². The zero-order valence-corrected chi connectivity index (χ0v) is 10.4. The molecule has 0 spiro atoms. The Morgan fingerprint density at radius 3 is 1.82 bits per heavy atom. The average Bonchev–Trinajstić information content (AvgIpc) is 2.39. The van der Waals surface area contributed by atoms with Gasteiger partial charge in [0.1, 0.15) is 5.75 Å². The molecule has 17 heavy (non-hydrogen) atoms. The second-order valence-corrected chi connectivity index (χ2v) is 3.57. The number of rotatable bonds is 3. The van der Waals surface area contributed by atoms with E-state index in [1.807, 2.05) is 55.5 Å². The van der Waals surface area contributed by atoms with Gasteiger partial charge >= 0.3 is 0 Å². The summed E-state index contributed by atoms with van der Waals surface area (Å²) in [4.78, 5) is 5.11. The van der Waals surface area contributed by atoms with Crippen LogP contribution in [0.5, 0.6) is 5.75 Å². The largest absolute Gasteiger partial charge is 0.409 e. The van der Waals surface area contributed by atoms with Crippen molar-refractivity contribution in [3.05, 3.63) is 66.2 Å². The van der Waals surface area contributed by atoms with Crippen molar-refractivity contribution in [2.45, 2.75) is 13.8 Å². The number of para-hydroxylation sites is 1. The summed E-state index contributed by atoms with van der Waals surface area (Å²) >= 11 is 0. The summed E-state index contributed by atoms with van der Waals surface area (Å²) in [5.41, 5.74) is 4.09. The Labute approximate surface area is 103 Å². The van der Waals surface area contributed by atoms with Gasteiger partial charge in [0.25, 0.3) is 0 Å². The molecule has 0 unspecified atom stereocenters. The van der Waals surface area contributed by atoms with Crippen molar-refractivity contribution in [2.75, 3.05) is 6.54 Å². The van der Waals surface area contributed by atoms with Crippen molar-refractivity contribution < 1.29 is 4.84 Å². The first-order valence-electron chi connectivity index (χ1n) is 5.79. The summed E-state index contributed by atoms with van der Waals surface area (Å²) in [6.45, 7) is 4.89. The van der Waals surface area contributed by atoms with Crippen LogP contribution in [0.3, 0.4) is 0 Å². The fourth-order valence-corrected chi connectivity index (χ4v) is 1.18. The Hall–Kier alpha value is -1.80. The van der Waals surface area contributed by atoms with E-state index in [1.165, 1.54) is 5.56 Å². The molecule has 0 atom stereocenters. The van der Waals surface area contributed by atoms with Crippen LogP contribution in [0.15, 0.2) is 60.7 Å². The maximum Gasteiger partial charge on any atom is 0.147 e. The van der Waals surface area contributed by atoms with Gasteiger partial charge in [-0.1, -0.05) is 54.1 Å². The Bertz CT molecular complexity index is 386. The van der Waals surface area contributed by atoms with E-state index in [0.717, 1.165) is 12.3 Å². The van der Waals surface area contributed by atoms with Crippen LogP contribution in [0.25, 0.3) is 0 Å². The van der Waals surface area contributed by atoms with E-state index in [0.29, 0.717) is 0 Å². The maximum atomic E-state index is 5.11. The molecule has 2 aromatic rings. The molecule has 0 saturated heterocycles. The first-order chi connectivity index (χ1) is 8.33. The molecule has 0 fully saturated rings. The molecule has 1 N–H and O–H groups in total. The number of aryl methyl sites for hydroxylation is 1. The highest BCUT2D eigenvalue weighted by Crippen LogP contribution is 2.05. The summed E-state index contributed by atoms with van der Waals surface area (Å²) in [7, 11) is 0. The van der Waals surface area contributed by atoms with E-state index in [4.69, 9.17) is 4.84 Å². The lowest BCUT2D eigenvalue weighted by Gasteiger charge is -2.02. The van der Waals surface area contributed by atoms with Gasteiger partial charge in [-0.25, -0.2) is 0 Å². The Balaban J connectivity index is 0.000000181. The molecule has 0 heterocycles. The molecule has 2 aromatic carbocycles. The van der Waals surface area contributed by atoms with E-state index in [2.05, 4.69) is 24.5 Å². The van der Waals surface area contributed by atoms with Crippen LogP contribution in [-0.2, 0) is 0 Å². The van der Waals surface area contributed by atoms with Crippen LogP contribution >= 0.6 is 0 Å². The van der Waals surface area contributed by atoms with Crippen molar-refractivity contribution in [2.24, 2.45) is 0 Å². The lowest BCUT2D eigenvalue weighted by atomic mass is 10.2. The summed E-state index contributed by atoms with van der Waals surface area (Å²) in [5, 5.41) is 0. The highest BCUT2D eigenvalue weighted by Gasteiger charge is 1.86. The zero-order valence-electron chi connectivity index (χ0n) is 10.4. The van der Waals surface area contributed by atoms with E-state index in [9.17, 15) is 0 Å². The summed E-state index contributed by atoms with van der Waals surface area (Å²) in [5.74, 6) is 0.851. The number of hydrogen-bond donors (Lipinski definition) is 1. The van der Waals surface area contributed by atoms with Crippen LogP contribution in [0.4, 0.5) is 0 Å². The lowest BCUT2D eigenvalue weighted by Crippen LogP contribution is -2.16. The average molecular weight is 229 g/mol. The van der Waals surface area contributed by atoms with E-state index in [1.54, 1.807) is 0 Å². The summed E-state index contributed by atoms with van der Waals surface area (Å²) < 4.78 is 0. The highest BCUT2D eigenvalue weighted by atomic mass is 16.6. The molecule has 0 aromatic heterocycles. The smallest absolute Gasteiger partial charge is 0.147 e. The third kappa shape index (κ3) is 6.38. The molecule has 0 aliphatic heterocycles. The molecule has 2 rings (SSSR count). The maximum absolute atomic E-state index is 5.11. The van der Waals surface area contributed by atoms with E-state index < -0.39 is 0 Å². The molecule has 2 heteroatoms. The van der Waals surface area contributed by atoms with Gasteiger partial charge in [-0.3, -0.25) is 0 Å². The molecule has 0 aliphatic rings. The van der Waals surface area contributed by atoms with E-state index in [-0.39, 0.29) is 0 Å². The van der Waals surface area contributed by atoms with Gasteiger partial charge < -0.3 is 4.84 Å². The standard InChI is InChI=1S/C8H11NO.C7H8/c1-2-9-10-8-6-4-3-5-7-8;1-7-5-3-2-4-6-7/h3-7,9H,2H2,1H3;2-6H,1H3. The molecular formula is C15H19NO. The van der Waals surface area contributed by atoms with E-state index >= 15 is 0 Å². The zero-order chi connectivity index (χ0) is 12.3. The lowest BCUT2D eigenvalue weighted by molar-refractivity contribution is 0.202. The normalized spacial score (nSPS) is 9.06. The fourth-order valence-electron chi connectivity index (χ4n) is 1.18. The quantitative estimate of drug-likeness (QED) is 0.812. The monoisotopic (exact) mass is 229 g/mol. The minimum absolute atomic E-state index is 0.814. The molecule has 90 valence electrons.